The molecule has 9 heteroatoms. The van der Waals surface area contributed by atoms with Crippen LogP contribution in [0.15, 0.2) is 42.7 Å². The molecule has 156 valence electrons. The van der Waals surface area contributed by atoms with E-state index in [9.17, 15) is 4.79 Å². The Morgan fingerprint density at radius 2 is 2.00 bits per heavy atom. The van der Waals surface area contributed by atoms with E-state index < -0.39 is 0 Å². The second-order valence-corrected chi connectivity index (χ2v) is 9.26. The molecular formula is C22H21N7OS. The lowest BCUT2D eigenvalue weighted by Crippen LogP contribution is -2.28. The molecule has 2 N–H and O–H groups in total. The maximum Gasteiger partial charge on any atom is 0.245 e. The number of fused-ring (bicyclic) bond motifs is 3. The van der Waals surface area contributed by atoms with Gasteiger partial charge in [0.2, 0.25) is 5.91 Å². The average Bonchev–Trinajstić information content (AvgIpc) is 3.53. The molecule has 6 rings (SSSR count). The number of nitrogens with zero attached hydrogens (tertiary/aromatic N) is 6. The van der Waals surface area contributed by atoms with Crippen molar-refractivity contribution in [2.24, 2.45) is 11.8 Å². The highest BCUT2D eigenvalue weighted by Gasteiger charge is 2.43. The van der Waals surface area contributed by atoms with Gasteiger partial charge in [-0.25, -0.2) is 19.6 Å². The minimum atomic E-state index is 0.0248. The third-order valence-electron chi connectivity index (χ3n) is 6.68. The molecule has 0 bridgehead atoms. The molecule has 4 heterocycles. The zero-order valence-corrected chi connectivity index (χ0v) is 17.6. The molecule has 2 aliphatic rings. The molecule has 1 aliphatic carbocycles. The average molecular weight is 432 g/mol. The van der Waals surface area contributed by atoms with Gasteiger partial charge in [-0.2, -0.15) is 5.10 Å². The molecule has 1 aliphatic heterocycles. The molecule has 3 aromatic heterocycles. The first kappa shape index (κ1) is 18.4. The first-order valence-electron chi connectivity index (χ1n) is 10.4. The Morgan fingerprint density at radius 1 is 1.19 bits per heavy atom. The third-order valence-corrected chi connectivity index (χ3v) is 7.47. The van der Waals surface area contributed by atoms with Crippen LogP contribution in [0.3, 0.4) is 0 Å². The molecular weight excluding hydrogens is 410 g/mol. The number of benzene rings is 1. The number of hydrogen-bond acceptors (Lipinski definition) is 7. The van der Waals surface area contributed by atoms with E-state index in [1.54, 1.807) is 11.3 Å². The standard InChI is InChI=1S/C22H21N7OS/c1-2-18(30)28-8-13-5-15(6-14(13)9-28)29-22-19(21(23)24-10-25-22)20(27-29)12-3-4-16-17(7-12)31-11-26-16/h2-4,7,10-11,13-15H,1,5-6,8-9H2,(H2,23,24,25). The molecule has 2 atom stereocenters. The van der Waals surface area contributed by atoms with Gasteiger partial charge in [0, 0.05) is 18.7 Å². The van der Waals surface area contributed by atoms with Crippen molar-refractivity contribution < 1.29 is 4.79 Å². The number of carbonyl (C=O) groups excluding carboxylic acids is 1. The SMILES string of the molecule is C=CC(=O)N1CC2CC(n3nc(-c4ccc5ncsc5c4)c4c(N)ncnc43)CC2C1. The number of hydrogen-bond donors (Lipinski definition) is 1. The van der Waals surface area contributed by atoms with Gasteiger partial charge in [0.25, 0.3) is 0 Å². The summed E-state index contributed by atoms with van der Waals surface area (Å²) in [5.74, 6) is 1.42. The highest BCUT2D eigenvalue weighted by molar-refractivity contribution is 7.16. The number of anilines is 1. The molecule has 1 aromatic carbocycles. The van der Waals surface area contributed by atoms with Crippen molar-refractivity contribution in [1.29, 1.82) is 0 Å². The topological polar surface area (TPSA) is 103 Å². The lowest BCUT2D eigenvalue weighted by atomic mass is 10.0. The van der Waals surface area contributed by atoms with Crippen LogP contribution >= 0.6 is 11.3 Å². The van der Waals surface area contributed by atoms with Gasteiger partial charge in [0.15, 0.2) is 5.65 Å². The summed E-state index contributed by atoms with van der Waals surface area (Å²) in [4.78, 5) is 27.1. The predicted octanol–water partition coefficient (Wildman–Crippen LogP) is 3.28. The molecule has 1 saturated heterocycles. The van der Waals surface area contributed by atoms with Gasteiger partial charge in [-0.15, -0.1) is 11.3 Å². The smallest absolute Gasteiger partial charge is 0.245 e. The number of likely N-dealkylation sites (tertiary alicyclic amines) is 1. The van der Waals surface area contributed by atoms with Crippen molar-refractivity contribution in [3.8, 4) is 11.3 Å². The number of rotatable bonds is 3. The number of amides is 1. The fourth-order valence-electron chi connectivity index (χ4n) is 5.23. The molecule has 8 nitrogen and oxygen atoms in total. The zero-order chi connectivity index (χ0) is 21.1. The van der Waals surface area contributed by atoms with Gasteiger partial charge in [-0.05, 0) is 42.9 Å². The number of nitrogen functional groups attached to an aromatic ring is 1. The molecule has 0 spiro atoms. The first-order chi connectivity index (χ1) is 15.1. The lowest BCUT2D eigenvalue weighted by molar-refractivity contribution is -0.125. The Hall–Kier alpha value is -3.33. The second kappa shape index (κ2) is 6.84. The van der Waals surface area contributed by atoms with Gasteiger partial charge < -0.3 is 10.6 Å². The van der Waals surface area contributed by atoms with Crippen LogP contribution in [-0.2, 0) is 4.79 Å². The monoisotopic (exact) mass is 431 g/mol. The molecule has 1 saturated carbocycles. The second-order valence-electron chi connectivity index (χ2n) is 8.38. The Morgan fingerprint density at radius 3 is 2.77 bits per heavy atom. The van der Waals surface area contributed by atoms with Crippen LogP contribution in [0.5, 0.6) is 0 Å². The van der Waals surface area contributed by atoms with E-state index in [4.69, 9.17) is 10.8 Å². The first-order valence-corrected chi connectivity index (χ1v) is 11.2. The van der Waals surface area contributed by atoms with E-state index in [0.29, 0.717) is 17.7 Å². The Labute approximate surface area is 182 Å². The van der Waals surface area contributed by atoms with Crippen molar-refractivity contribution in [3.63, 3.8) is 0 Å². The third kappa shape index (κ3) is 2.83. The molecule has 31 heavy (non-hydrogen) atoms. The van der Waals surface area contributed by atoms with Gasteiger partial charge in [-0.1, -0.05) is 12.6 Å². The Balaban J connectivity index is 1.39. The highest BCUT2D eigenvalue weighted by atomic mass is 32.1. The number of thiazole rings is 1. The van der Waals surface area contributed by atoms with Crippen LogP contribution in [-0.4, -0.2) is 48.6 Å². The van der Waals surface area contributed by atoms with Gasteiger partial charge >= 0.3 is 0 Å². The predicted molar refractivity (Wildman–Crippen MR) is 120 cm³/mol. The lowest BCUT2D eigenvalue weighted by Gasteiger charge is -2.18. The summed E-state index contributed by atoms with van der Waals surface area (Å²) in [6.45, 7) is 5.19. The van der Waals surface area contributed by atoms with E-state index in [1.165, 1.54) is 12.4 Å². The summed E-state index contributed by atoms with van der Waals surface area (Å²) in [5.41, 5.74) is 11.7. The van der Waals surface area contributed by atoms with Gasteiger partial charge in [-0.3, -0.25) is 4.79 Å². The molecule has 0 radical (unpaired) electrons. The van der Waals surface area contributed by atoms with Crippen LogP contribution in [0.2, 0.25) is 0 Å². The fraction of sp³-hybridized carbons (Fsp3) is 0.318. The van der Waals surface area contributed by atoms with Crippen LogP contribution in [0, 0.1) is 11.8 Å². The van der Waals surface area contributed by atoms with E-state index in [0.717, 1.165) is 58.4 Å². The van der Waals surface area contributed by atoms with E-state index >= 15 is 0 Å². The summed E-state index contributed by atoms with van der Waals surface area (Å²) >= 11 is 1.61. The summed E-state index contributed by atoms with van der Waals surface area (Å²) < 4.78 is 3.15. The largest absolute Gasteiger partial charge is 0.383 e. The van der Waals surface area contributed by atoms with E-state index in [-0.39, 0.29) is 11.9 Å². The molecule has 2 fully saturated rings. The van der Waals surface area contributed by atoms with E-state index in [1.807, 2.05) is 27.2 Å². The minimum absolute atomic E-state index is 0.0248. The molecule has 4 aromatic rings. The van der Waals surface area contributed by atoms with Crippen molar-refractivity contribution in [2.75, 3.05) is 18.8 Å². The Bertz CT molecular complexity index is 1330. The maximum absolute atomic E-state index is 12.0. The van der Waals surface area contributed by atoms with Crippen LogP contribution < -0.4 is 5.73 Å². The number of carbonyl (C=O) groups is 1. The van der Waals surface area contributed by atoms with Gasteiger partial charge in [0.1, 0.15) is 17.8 Å². The quantitative estimate of drug-likeness (QED) is 0.500. The van der Waals surface area contributed by atoms with Crippen LogP contribution in [0.4, 0.5) is 5.82 Å². The summed E-state index contributed by atoms with van der Waals surface area (Å²) in [6, 6.07) is 6.38. The maximum atomic E-state index is 12.0. The number of nitrogens with two attached hydrogens (primary N) is 1. The van der Waals surface area contributed by atoms with Crippen LogP contribution in [0.1, 0.15) is 18.9 Å². The minimum Gasteiger partial charge on any atom is -0.383 e. The van der Waals surface area contributed by atoms with E-state index in [2.05, 4.69) is 27.6 Å². The summed E-state index contributed by atoms with van der Waals surface area (Å²) in [5, 5.41) is 5.81. The molecule has 1 amide bonds. The van der Waals surface area contributed by atoms with Crippen molar-refractivity contribution >= 4 is 44.3 Å². The van der Waals surface area contributed by atoms with Gasteiger partial charge in [0.05, 0.1) is 27.2 Å². The van der Waals surface area contributed by atoms with Crippen LogP contribution in [0.25, 0.3) is 32.5 Å². The Kier molecular flexibility index (Phi) is 4.07. The normalized spacial score (nSPS) is 23.0. The van der Waals surface area contributed by atoms with Crippen molar-refractivity contribution in [2.45, 2.75) is 18.9 Å². The fourth-order valence-corrected chi connectivity index (χ4v) is 5.95. The zero-order valence-electron chi connectivity index (χ0n) is 16.8. The summed E-state index contributed by atoms with van der Waals surface area (Å²) in [6.07, 6.45) is 4.86. The summed E-state index contributed by atoms with van der Waals surface area (Å²) in [7, 11) is 0. The number of aromatic nitrogens is 5. The highest BCUT2D eigenvalue weighted by Crippen LogP contribution is 2.45. The van der Waals surface area contributed by atoms with Crippen molar-refractivity contribution in [3.05, 3.63) is 42.7 Å². The van der Waals surface area contributed by atoms with Crippen molar-refractivity contribution in [1.82, 2.24) is 29.6 Å². The molecule has 2 unspecified atom stereocenters.